The number of benzene rings is 1. The number of rotatable bonds is 3. The van der Waals surface area contributed by atoms with E-state index in [1.165, 1.54) is 12.1 Å². The molecule has 0 aromatic heterocycles. The summed E-state index contributed by atoms with van der Waals surface area (Å²) in [7, 11) is -3.53. The average molecular weight is 302 g/mol. The highest BCUT2D eigenvalue weighted by Crippen LogP contribution is 2.45. The molecular formula is C13H16ClNO3S. The van der Waals surface area contributed by atoms with Crippen molar-refractivity contribution in [3.05, 3.63) is 29.3 Å². The maximum atomic E-state index is 12.2. The summed E-state index contributed by atoms with van der Waals surface area (Å²) in [6.45, 7) is 0. The highest BCUT2D eigenvalue weighted by atomic mass is 35.5. The predicted octanol–water partition coefficient (Wildman–Crippen LogP) is 1.78. The summed E-state index contributed by atoms with van der Waals surface area (Å²) in [5.74, 6) is 0.315. The monoisotopic (exact) mass is 301 g/mol. The molecule has 4 atom stereocenters. The molecule has 3 rings (SSSR count). The Balaban J connectivity index is 1.78. The fourth-order valence-electron chi connectivity index (χ4n) is 3.31. The molecule has 0 amide bonds. The van der Waals surface area contributed by atoms with E-state index in [1.807, 2.05) is 0 Å². The normalized spacial score (nSPS) is 33.8. The molecule has 2 N–H and O–H groups in total. The third-order valence-electron chi connectivity index (χ3n) is 4.30. The molecular weight excluding hydrogens is 286 g/mol. The lowest BCUT2D eigenvalue weighted by Gasteiger charge is -2.22. The molecule has 0 aliphatic heterocycles. The lowest BCUT2D eigenvalue weighted by Crippen LogP contribution is -2.39. The van der Waals surface area contributed by atoms with Crippen LogP contribution in [-0.2, 0) is 10.0 Å². The minimum atomic E-state index is -3.53. The molecule has 4 unspecified atom stereocenters. The molecule has 104 valence electrons. The molecule has 1 aromatic carbocycles. The molecule has 0 saturated heterocycles. The predicted molar refractivity (Wildman–Crippen MR) is 72.4 cm³/mol. The quantitative estimate of drug-likeness (QED) is 0.894. The summed E-state index contributed by atoms with van der Waals surface area (Å²) in [5, 5.41) is 10.5. The van der Waals surface area contributed by atoms with Crippen LogP contribution in [0.2, 0.25) is 5.02 Å². The van der Waals surface area contributed by atoms with Crippen LogP contribution in [0.15, 0.2) is 29.2 Å². The summed E-state index contributed by atoms with van der Waals surface area (Å²) in [6, 6.07) is 5.97. The molecule has 2 aliphatic carbocycles. The lowest BCUT2D eigenvalue weighted by molar-refractivity contribution is 0.125. The Kier molecular flexibility index (Phi) is 3.33. The van der Waals surface area contributed by atoms with Gasteiger partial charge in [-0.25, -0.2) is 13.1 Å². The van der Waals surface area contributed by atoms with Gasteiger partial charge in [-0.1, -0.05) is 11.6 Å². The van der Waals surface area contributed by atoms with Crippen molar-refractivity contribution in [3.8, 4) is 0 Å². The van der Waals surface area contributed by atoms with Crippen LogP contribution in [0.4, 0.5) is 0 Å². The van der Waals surface area contributed by atoms with Gasteiger partial charge in [-0.2, -0.15) is 0 Å². The first-order chi connectivity index (χ1) is 8.97. The Labute approximate surface area is 117 Å². The number of sulfonamides is 1. The maximum absolute atomic E-state index is 12.2. The van der Waals surface area contributed by atoms with Gasteiger partial charge in [0.2, 0.25) is 10.0 Å². The zero-order chi connectivity index (χ0) is 13.6. The second kappa shape index (κ2) is 4.74. The van der Waals surface area contributed by atoms with Gasteiger partial charge < -0.3 is 5.11 Å². The topological polar surface area (TPSA) is 66.4 Å². The van der Waals surface area contributed by atoms with E-state index in [2.05, 4.69) is 4.72 Å². The van der Waals surface area contributed by atoms with Crippen LogP contribution in [-0.4, -0.2) is 25.7 Å². The molecule has 4 nitrogen and oxygen atoms in total. The standard InChI is InChI=1S/C13H16ClNO3S/c14-9-2-4-10(5-3-9)19(17,18)15-12-7-8-1-6-11(12)13(8)16/h2-5,8,11-13,15-16H,1,6-7H2. The van der Waals surface area contributed by atoms with Gasteiger partial charge in [0, 0.05) is 17.0 Å². The van der Waals surface area contributed by atoms with E-state index < -0.39 is 10.0 Å². The summed E-state index contributed by atoms with van der Waals surface area (Å²) in [6.07, 6.45) is 2.29. The zero-order valence-corrected chi connectivity index (χ0v) is 11.9. The minimum Gasteiger partial charge on any atom is -0.392 e. The first-order valence-corrected chi connectivity index (χ1v) is 8.29. The van der Waals surface area contributed by atoms with Gasteiger partial charge in [0.1, 0.15) is 0 Å². The lowest BCUT2D eigenvalue weighted by atomic mass is 9.96. The molecule has 6 heteroatoms. The Morgan fingerprint density at radius 1 is 1.21 bits per heavy atom. The highest BCUT2D eigenvalue weighted by molar-refractivity contribution is 7.89. The third-order valence-corrected chi connectivity index (χ3v) is 6.05. The zero-order valence-electron chi connectivity index (χ0n) is 10.3. The largest absolute Gasteiger partial charge is 0.392 e. The SMILES string of the molecule is O=S(=O)(NC1CC2CCC1C2O)c1ccc(Cl)cc1. The van der Waals surface area contributed by atoms with Crippen LogP contribution in [0.1, 0.15) is 19.3 Å². The molecule has 2 saturated carbocycles. The molecule has 2 fully saturated rings. The van der Waals surface area contributed by atoms with Crippen molar-refractivity contribution in [3.63, 3.8) is 0 Å². The number of aliphatic hydroxyl groups excluding tert-OH is 1. The number of fused-ring (bicyclic) bond motifs is 2. The van der Waals surface area contributed by atoms with E-state index in [0.717, 1.165) is 19.3 Å². The van der Waals surface area contributed by atoms with Crippen LogP contribution in [0.3, 0.4) is 0 Å². The Hall–Kier alpha value is -0.620. The van der Waals surface area contributed by atoms with Gasteiger partial charge in [0.15, 0.2) is 0 Å². The molecule has 0 spiro atoms. The van der Waals surface area contributed by atoms with Crippen molar-refractivity contribution in [2.75, 3.05) is 0 Å². The van der Waals surface area contributed by atoms with E-state index in [-0.39, 0.29) is 28.9 Å². The summed E-state index contributed by atoms with van der Waals surface area (Å²) in [4.78, 5) is 0.217. The van der Waals surface area contributed by atoms with Crippen LogP contribution in [0, 0.1) is 11.8 Å². The molecule has 19 heavy (non-hydrogen) atoms. The molecule has 2 aliphatic rings. The molecule has 0 heterocycles. The number of nitrogens with one attached hydrogen (secondary N) is 1. The van der Waals surface area contributed by atoms with Gasteiger partial charge in [0.25, 0.3) is 0 Å². The molecule has 1 aromatic rings. The van der Waals surface area contributed by atoms with Crippen molar-refractivity contribution >= 4 is 21.6 Å². The van der Waals surface area contributed by atoms with Gasteiger partial charge in [-0.15, -0.1) is 0 Å². The van der Waals surface area contributed by atoms with Crippen molar-refractivity contribution in [2.24, 2.45) is 11.8 Å². The van der Waals surface area contributed by atoms with E-state index in [9.17, 15) is 13.5 Å². The molecule has 2 bridgehead atoms. The Morgan fingerprint density at radius 2 is 1.89 bits per heavy atom. The number of hydrogen-bond acceptors (Lipinski definition) is 3. The van der Waals surface area contributed by atoms with Crippen LogP contribution in [0.25, 0.3) is 0 Å². The van der Waals surface area contributed by atoms with Crippen LogP contribution < -0.4 is 4.72 Å². The number of aliphatic hydroxyl groups is 1. The van der Waals surface area contributed by atoms with Crippen molar-refractivity contribution in [2.45, 2.75) is 36.3 Å². The van der Waals surface area contributed by atoms with E-state index in [1.54, 1.807) is 12.1 Å². The van der Waals surface area contributed by atoms with Crippen LogP contribution in [0.5, 0.6) is 0 Å². The van der Waals surface area contributed by atoms with Gasteiger partial charge in [0.05, 0.1) is 11.0 Å². The maximum Gasteiger partial charge on any atom is 0.240 e. The van der Waals surface area contributed by atoms with Crippen molar-refractivity contribution in [1.29, 1.82) is 0 Å². The van der Waals surface area contributed by atoms with Gasteiger partial charge >= 0.3 is 0 Å². The first kappa shape index (κ1) is 13.4. The first-order valence-electron chi connectivity index (χ1n) is 6.43. The van der Waals surface area contributed by atoms with E-state index in [0.29, 0.717) is 5.02 Å². The van der Waals surface area contributed by atoms with Crippen molar-refractivity contribution in [1.82, 2.24) is 4.72 Å². The van der Waals surface area contributed by atoms with E-state index >= 15 is 0 Å². The van der Waals surface area contributed by atoms with Crippen LogP contribution >= 0.6 is 11.6 Å². The second-order valence-corrected chi connectivity index (χ2v) is 7.56. The van der Waals surface area contributed by atoms with Crippen molar-refractivity contribution < 1.29 is 13.5 Å². The number of halogens is 1. The fourth-order valence-corrected chi connectivity index (χ4v) is 4.74. The number of hydrogen-bond donors (Lipinski definition) is 2. The van der Waals surface area contributed by atoms with Gasteiger partial charge in [-0.3, -0.25) is 0 Å². The third kappa shape index (κ3) is 2.40. The molecule has 0 radical (unpaired) electrons. The smallest absolute Gasteiger partial charge is 0.240 e. The Bertz CT molecular complexity index is 572. The Morgan fingerprint density at radius 3 is 2.42 bits per heavy atom. The summed E-state index contributed by atoms with van der Waals surface area (Å²) in [5.41, 5.74) is 0. The fraction of sp³-hybridized carbons (Fsp3) is 0.538. The summed E-state index contributed by atoms with van der Waals surface area (Å²) < 4.78 is 27.2. The minimum absolute atomic E-state index is 0.0621. The second-order valence-electron chi connectivity index (χ2n) is 5.41. The van der Waals surface area contributed by atoms with E-state index in [4.69, 9.17) is 11.6 Å². The van der Waals surface area contributed by atoms with Gasteiger partial charge in [-0.05, 0) is 49.4 Å². The average Bonchev–Trinajstić information content (AvgIpc) is 2.84. The summed E-state index contributed by atoms with van der Waals surface area (Å²) >= 11 is 5.75. The highest BCUT2D eigenvalue weighted by Gasteiger charge is 2.48.